The standard InChI is InChI=1S/C11H18BrN3/c12-10-9-14-8-5-11(10)15-7-4-2-1-3-6-13/h5,8-9H,1-4,6-7,13H2,(H,14,15). The molecule has 0 bridgehead atoms. The maximum Gasteiger partial charge on any atom is 0.0590 e. The summed E-state index contributed by atoms with van der Waals surface area (Å²) in [6.07, 6.45) is 8.40. The number of nitrogens with zero attached hydrogens (tertiary/aromatic N) is 1. The Labute approximate surface area is 99.6 Å². The Morgan fingerprint density at radius 1 is 1.27 bits per heavy atom. The fourth-order valence-electron chi connectivity index (χ4n) is 1.36. The minimum atomic E-state index is 0.809. The number of hydrogen-bond acceptors (Lipinski definition) is 3. The quantitative estimate of drug-likeness (QED) is 0.750. The van der Waals surface area contributed by atoms with E-state index in [2.05, 4.69) is 26.2 Å². The second-order valence-corrected chi connectivity index (χ2v) is 4.34. The van der Waals surface area contributed by atoms with E-state index in [0.29, 0.717) is 0 Å². The van der Waals surface area contributed by atoms with Crippen molar-refractivity contribution in [1.29, 1.82) is 0 Å². The molecule has 15 heavy (non-hydrogen) atoms. The average Bonchev–Trinajstić information content (AvgIpc) is 2.25. The molecule has 0 radical (unpaired) electrons. The number of unbranched alkanes of at least 4 members (excludes halogenated alkanes) is 3. The lowest BCUT2D eigenvalue weighted by Crippen LogP contribution is -2.03. The van der Waals surface area contributed by atoms with Crippen molar-refractivity contribution in [3.63, 3.8) is 0 Å². The molecule has 3 nitrogen and oxygen atoms in total. The summed E-state index contributed by atoms with van der Waals surface area (Å²) in [5.74, 6) is 0. The molecule has 1 rings (SSSR count). The Morgan fingerprint density at radius 2 is 2.07 bits per heavy atom. The van der Waals surface area contributed by atoms with E-state index in [-0.39, 0.29) is 0 Å². The van der Waals surface area contributed by atoms with Crippen molar-refractivity contribution >= 4 is 21.6 Å². The van der Waals surface area contributed by atoms with Crippen molar-refractivity contribution in [3.8, 4) is 0 Å². The molecule has 0 unspecified atom stereocenters. The summed E-state index contributed by atoms with van der Waals surface area (Å²) >= 11 is 3.45. The summed E-state index contributed by atoms with van der Waals surface area (Å²) in [5, 5.41) is 3.37. The number of halogens is 1. The van der Waals surface area contributed by atoms with Crippen LogP contribution in [0, 0.1) is 0 Å². The van der Waals surface area contributed by atoms with Gasteiger partial charge in [0, 0.05) is 18.9 Å². The van der Waals surface area contributed by atoms with Gasteiger partial charge in [0.1, 0.15) is 0 Å². The predicted molar refractivity (Wildman–Crippen MR) is 67.9 cm³/mol. The molecule has 0 aliphatic heterocycles. The Bertz CT molecular complexity index is 278. The summed E-state index contributed by atoms with van der Waals surface area (Å²) in [6, 6.07) is 1.98. The van der Waals surface area contributed by atoms with Gasteiger partial charge in [-0.2, -0.15) is 0 Å². The van der Waals surface area contributed by atoms with Crippen molar-refractivity contribution < 1.29 is 0 Å². The van der Waals surface area contributed by atoms with E-state index >= 15 is 0 Å². The van der Waals surface area contributed by atoms with Crippen molar-refractivity contribution in [1.82, 2.24) is 4.98 Å². The number of rotatable bonds is 7. The van der Waals surface area contributed by atoms with Gasteiger partial charge >= 0.3 is 0 Å². The highest BCUT2D eigenvalue weighted by Gasteiger charge is 1.96. The third-order valence-electron chi connectivity index (χ3n) is 2.22. The first-order chi connectivity index (χ1) is 7.34. The fraction of sp³-hybridized carbons (Fsp3) is 0.545. The number of hydrogen-bond donors (Lipinski definition) is 2. The lowest BCUT2D eigenvalue weighted by atomic mass is 10.2. The van der Waals surface area contributed by atoms with Crippen LogP contribution in [-0.2, 0) is 0 Å². The van der Waals surface area contributed by atoms with E-state index in [1.165, 1.54) is 19.3 Å². The van der Waals surface area contributed by atoms with Crippen molar-refractivity contribution in [2.75, 3.05) is 18.4 Å². The number of pyridine rings is 1. The molecule has 0 fully saturated rings. The molecule has 0 spiro atoms. The van der Waals surface area contributed by atoms with Crippen LogP contribution in [-0.4, -0.2) is 18.1 Å². The van der Waals surface area contributed by atoms with E-state index in [1.807, 2.05) is 6.07 Å². The van der Waals surface area contributed by atoms with Crippen LogP contribution in [0.5, 0.6) is 0 Å². The summed E-state index contributed by atoms with van der Waals surface area (Å²) in [4.78, 5) is 4.01. The zero-order chi connectivity index (χ0) is 10.9. The van der Waals surface area contributed by atoms with E-state index in [0.717, 1.165) is 29.7 Å². The molecule has 84 valence electrons. The number of aromatic nitrogens is 1. The largest absolute Gasteiger partial charge is 0.384 e. The van der Waals surface area contributed by atoms with Crippen LogP contribution in [0.4, 0.5) is 5.69 Å². The van der Waals surface area contributed by atoms with E-state index in [1.54, 1.807) is 12.4 Å². The van der Waals surface area contributed by atoms with Gasteiger partial charge in [-0.15, -0.1) is 0 Å². The van der Waals surface area contributed by atoms with E-state index < -0.39 is 0 Å². The van der Waals surface area contributed by atoms with Crippen LogP contribution < -0.4 is 11.1 Å². The number of nitrogens with two attached hydrogens (primary N) is 1. The molecular formula is C11H18BrN3. The summed E-state index contributed by atoms with van der Waals surface area (Å²) < 4.78 is 1.02. The van der Waals surface area contributed by atoms with Crippen LogP contribution in [0.25, 0.3) is 0 Å². The third-order valence-corrected chi connectivity index (χ3v) is 2.85. The van der Waals surface area contributed by atoms with Crippen LogP contribution in [0.3, 0.4) is 0 Å². The summed E-state index contributed by atoms with van der Waals surface area (Å²) in [5.41, 5.74) is 6.54. The second-order valence-electron chi connectivity index (χ2n) is 3.49. The monoisotopic (exact) mass is 271 g/mol. The molecule has 0 aliphatic carbocycles. The van der Waals surface area contributed by atoms with Crippen molar-refractivity contribution in [3.05, 3.63) is 22.9 Å². The molecule has 0 aliphatic rings. The minimum absolute atomic E-state index is 0.809. The first-order valence-corrected chi connectivity index (χ1v) is 6.17. The van der Waals surface area contributed by atoms with Gasteiger partial charge in [0.15, 0.2) is 0 Å². The predicted octanol–water partition coefficient (Wildman–Crippen LogP) is 2.78. The molecule has 1 heterocycles. The molecule has 1 aromatic heterocycles. The van der Waals surface area contributed by atoms with Gasteiger partial charge in [-0.25, -0.2) is 0 Å². The molecular weight excluding hydrogens is 254 g/mol. The van der Waals surface area contributed by atoms with Crippen LogP contribution in [0.1, 0.15) is 25.7 Å². The second kappa shape index (κ2) is 7.65. The van der Waals surface area contributed by atoms with E-state index in [9.17, 15) is 0 Å². The Morgan fingerprint density at radius 3 is 2.80 bits per heavy atom. The van der Waals surface area contributed by atoms with Crippen molar-refractivity contribution in [2.45, 2.75) is 25.7 Å². The van der Waals surface area contributed by atoms with Crippen LogP contribution >= 0.6 is 15.9 Å². The van der Waals surface area contributed by atoms with Crippen molar-refractivity contribution in [2.24, 2.45) is 5.73 Å². The van der Waals surface area contributed by atoms with Gasteiger partial charge in [-0.05, 0) is 41.4 Å². The van der Waals surface area contributed by atoms with Gasteiger partial charge in [-0.1, -0.05) is 12.8 Å². The zero-order valence-corrected chi connectivity index (χ0v) is 10.5. The topological polar surface area (TPSA) is 50.9 Å². The first kappa shape index (κ1) is 12.5. The molecule has 0 amide bonds. The summed E-state index contributed by atoms with van der Waals surface area (Å²) in [7, 11) is 0. The number of anilines is 1. The third kappa shape index (κ3) is 5.14. The molecule has 0 saturated heterocycles. The van der Waals surface area contributed by atoms with Gasteiger partial charge in [0.25, 0.3) is 0 Å². The first-order valence-electron chi connectivity index (χ1n) is 5.38. The highest BCUT2D eigenvalue weighted by Crippen LogP contribution is 2.19. The molecule has 0 atom stereocenters. The Kier molecular flexibility index (Phi) is 6.36. The van der Waals surface area contributed by atoms with Crippen LogP contribution in [0.2, 0.25) is 0 Å². The highest BCUT2D eigenvalue weighted by atomic mass is 79.9. The zero-order valence-electron chi connectivity index (χ0n) is 8.88. The minimum Gasteiger partial charge on any atom is -0.384 e. The van der Waals surface area contributed by atoms with Crippen LogP contribution in [0.15, 0.2) is 22.9 Å². The van der Waals surface area contributed by atoms with Gasteiger partial charge < -0.3 is 11.1 Å². The van der Waals surface area contributed by atoms with E-state index in [4.69, 9.17) is 5.73 Å². The van der Waals surface area contributed by atoms with Gasteiger partial charge in [-0.3, -0.25) is 4.98 Å². The van der Waals surface area contributed by atoms with Gasteiger partial charge in [0.2, 0.25) is 0 Å². The Balaban J connectivity index is 2.12. The molecule has 0 saturated carbocycles. The summed E-state index contributed by atoms with van der Waals surface area (Å²) in [6.45, 7) is 1.82. The fourth-order valence-corrected chi connectivity index (χ4v) is 1.76. The maximum absolute atomic E-state index is 5.43. The lowest BCUT2D eigenvalue weighted by molar-refractivity contribution is 0.661. The highest BCUT2D eigenvalue weighted by molar-refractivity contribution is 9.10. The lowest BCUT2D eigenvalue weighted by Gasteiger charge is -2.07. The number of nitrogens with one attached hydrogen (secondary N) is 1. The molecule has 3 N–H and O–H groups in total. The smallest absolute Gasteiger partial charge is 0.0590 e. The van der Waals surface area contributed by atoms with Gasteiger partial charge in [0.05, 0.1) is 10.2 Å². The average molecular weight is 272 g/mol. The molecule has 0 aromatic carbocycles. The molecule has 1 aromatic rings. The SMILES string of the molecule is NCCCCCCNc1ccncc1Br. The maximum atomic E-state index is 5.43. The normalized spacial score (nSPS) is 10.3. The molecule has 4 heteroatoms. The Hall–Kier alpha value is -0.610.